The lowest BCUT2D eigenvalue weighted by Crippen LogP contribution is -2.28. The molecular formula is C9H17N3OS. The molecule has 0 spiro atoms. The lowest BCUT2D eigenvalue weighted by atomic mass is 10.3. The summed E-state index contributed by atoms with van der Waals surface area (Å²) in [6, 6.07) is 0.479. The van der Waals surface area contributed by atoms with E-state index in [0.717, 1.165) is 18.7 Å². The minimum atomic E-state index is 0.479. The number of rotatable bonds is 6. The van der Waals surface area contributed by atoms with Gasteiger partial charge < -0.3 is 9.73 Å². The molecule has 0 saturated carbocycles. The van der Waals surface area contributed by atoms with Gasteiger partial charge in [-0.05, 0) is 19.9 Å². The fourth-order valence-electron chi connectivity index (χ4n) is 0.983. The summed E-state index contributed by atoms with van der Waals surface area (Å²) in [5, 5.41) is 11.7. The number of aromatic nitrogens is 2. The molecule has 5 heteroatoms. The Morgan fingerprint density at radius 1 is 1.50 bits per heavy atom. The highest BCUT2D eigenvalue weighted by molar-refractivity contribution is 7.99. The van der Waals surface area contributed by atoms with Crippen LogP contribution in [-0.2, 0) is 0 Å². The van der Waals surface area contributed by atoms with Gasteiger partial charge in [-0.2, -0.15) is 0 Å². The van der Waals surface area contributed by atoms with Gasteiger partial charge in [0.2, 0.25) is 5.89 Å². The number of nitrogens with one attached hydrogen (secondary N) is 1. The molecule has 1 N–H and O–H groups in total. The molecule has 1 aromatic rings. The van der Waals surface area contributed by atoms with Gasteiger partial charge in [-0.25, -0.2) is 0 Å². The van der Waals surface area contributed by atoms with Crippen molar-refractivity contribution in [3.8, 4) is 0 Å². The van der Waals surface area contributed by atoms with Crippen molar-refractivity contribution in [1.82, 2.24) is 15.5 Å². The molecule has 1 atom stereocenters. The minimum Gasteiger partial charge on any atom is -0.416 e. The Bertz CT molecular complexity index is 264. The normalized spacial score (nSPS) is 13.1. The summed E-state index contributed by atoms with van der Waals surface area (Å²) in [5.41, 5.74) is 0. The van der Waals surface area contributed by atoms with Gasteiger partial charge in [0.05, 0.1) is 0 Å². The number of thioether (sulfide) groups is 1. The predicted molar refractivity (Wildman–Crippen MR) is 57.5 cm³/mol. The third-order valence-electron chi connectivity index (χ3n) is 1.71. The molecule has 0 fully saturated rings. The highest BCUT2D eigenvalue weighted by Crippen LogP contribution is 2.16. The summed E-state index contributed by atoms with van der Waals surface area (Å²) in [5.74, 6) is 1.59. The van der Waals surface area contributed by atoms with Crippen molar-refractivity contribution in [2.75, 3.05) is 12.3 Å². The summed E-state index contributed by atoms with van der Waals surface area (Å²) in [6.45, 7) is 7.18. The fourth-order valence-corrected chi connectivity index (χ4v) is 1.77. The van der Waals surface area contributed by atoms with Crippen molar-refractivity contribution >= 4 is 11.8 Å². The third-order valence-corrected chi connectivity index (χ3v) is 2.79. The second-order valence-electron chi connectivity index (χ2n) is 3.25. The van der Waals surface area contributed by atoms with Gasteiger partial charge in [0.1, 0.15) is 0 Å². The SMILES string of the molecule is CCCNC(C)CSc1nnc(C)o1. The van der Waals surface area contributed by atoms with Crippen molar-refractivity contribution in [3.05, 3.63) is 5.89 Å². The maximum Gasteiger partial charge on any atom is 0.276 e. The van der Waals surface area contributed by atoms with E-state index in [0.29, 0.717) is 17.2 Å². The van der Waals surface area contributed by atoms with Crippen LogP contribution >= 0.6 is 11.8 Å². The van der Waals surface area contributed by atoms with Crippen LogP contribution in [0.3, 0.4) is 0 Å². The zero-order valence-corrected chi connectivity index (χ0v) is 9.73. The zero-order valence-electron chi connectivity index (χ0n) is 8.91. The zero-order chi connectivity index (χ0) is 10.4. The lowest BCUT2D eigenvalue weighted by Gasteiger charge is -2.10. The van der Waals surface area contributed by atoms with Gasteiger partial charge in [-0.3, -0.25) is 0 Å². The van der Waals surface area contributed by atoms with Crippen LogP contribution < -0.4 is 5.32 Å². The highest BCUT2D eigenvalue weighted by atomic mass is 32.2. The summed E-state index contributed by atoms with van der Waals surface area (Å²) < 4.78 is 5.25. The molecular weight excluding hydrogens is 198 g/mol. The Labute approximate surface area is 88.9 Å². The van der Waals surface area contributed by atoms with Crippen LogP contribution in [0.1, 0.15) is 26.2 Å². The molecule has 0 amide bonds. The van der Waals surface area contributed by atoms with Crippen molar-refractivity contribution in [3.63, 3.8) is 0 Å². The van der Waals surface area contributed by atoms with Crippen LogP contribution in [0.2, 0.25) is 0 Å². The molecule has 0 aromatic carbocycles. The topological polar surface area (TPSA) is 51.0 Å². The van der Waals surface area contributed by atoms with E-state index >= 15 is 0 Å². The molecule has 0 aliphatic heterocycles. The fraction of sp³-hybridized carbons (Fsp3) is 0.778. The van der Waals surface area contributed by atoms with E-state index in [1.54, 1.807) is 18.7 Å². The molecule has 4 nitrogen and oxygen atoms in total. The number of nitrogens with zero attached hydrogens (tertiary/aromatic N) is 2. The average molecular weight is 215 g/mol. The van der Waals surface area contributed by atoms with E-state index in [1.165, 1.54) is 0 Å². The van der Waals surface area contributed by atoms with E-state index in [-0.39, 0.29) is 0 Å². The van der Waals surface area contributed by atoms with Crippen LogP contribution in [0.4, 0.5) is 0 Å². The van der Waals surface area contributed by atoms with Crippen molar-refractivity contribution in [1.29, 1.82) is 0 Å². The number of hydrogen-bond acceptors (Lipinski definition) is 5. The summed E-state index contributed by atoms with van der Waals surface area (Å²) in [6.07, 6.45) is 1.16. The van der Waals surface area contributed by atoms with Gasteiger partial charge in [0.15, 0.2) is 0 Å². The first-order valence-corrected chi connectivity index (χ1v) is 5.87. The predicted octanol–water partition coefficient (Wildman–Crippen LogP) is 1.86. The standard InChI is InChI=1S/C9H17N3OS/c1-4-5-10-7(2)6-14-9-12-11-8(3)13-9/h7,10H,4-6H2,1-3H3. The van der Waals surface area contributed by atoms with Crippen LogP contribution in [0.15, 0.2) is 9.64 Å². The molecule has 1 heterocycles. The Kier molecular flexibility index (Phi) is 4.97. The lowest BCUT2D eigenvalue weighted by molar-refractivity contribution is 0.428. The molecule has 0 bridgehead atoms. The van der Waals surface area contributed by atoms with Gasteiger partial charge in [0, 0.05) is 18.7 Å². The third kappa shape index (κ3) is 4.11. The van der Waals surface area contributed by atoms with Crippen molar-refractivity contribution < 1.29 is 4.42 Å². The van der Waals surface area contributed by atoms with Crippen LogP contribution in [0.5, 0.6) is 0 Å². The van der Waals surface area contributed by atoms with Crippen LogP contribution in [0, 0.1) is 6.92 Å². The van der Waals surface area contributed by atoms with Crippen LogP contribution in [-0.4, -0.2) is 28.5 Å². The molecule has 0 aliphatic carbocycles. The van der Waals surface area contributed by atoms with Gasteiger partial charge in [0.25, 0.3) is 5.22 Å². The Balaban J connectivity index is 2.20. The second kappa shape index (κ2) is 6.03. The van der Waals surface area contributed by atoms with Crippen LogP contribution in [0.25, 0.3) is 0 Å². The second-order valence-corrected chi connectivity index (χ2v) is 4.22. The molecule has 1 rings (SSSR count). The summed E-state index contributed by atoms with van der Waals surface area (Å²) >= 11 is 1.60. The summed E-state index contributed by atoms with van der Waals surface area (Å²) in [7, 11) is 0. The average Bonchev–Trinajstić information content (AvgIpc) is 2.58. The maximum atomic E-state index is 5.25. The van der Waals surface area contributed by atoms with Crippen molar-refractivity contribution in [2.45, 2.75) is 38.5 Å². The number of hydrogen-bond donors (Lipinski definition) is 1. The smallest absolute Gasteiger partial charge is 0.276 e. The minimum absolute atomic E-state index is 0.479. The Morgan fingerprint density at radius 3 is 2.86 bits per heavy atom. The van der Waals surface area contributed by atoms with Gasteiger partial charge in [-0.1, -0.05) is 18.7 Å². The van der Waals surface area contributed by atoms with Gasteiger partial charge >= 0.3 is 0 Å². The molecule has 1 unspecified atom stereocenters. The molecule has 0 saturated heterocycles. The first-order valence-electron chi connectivity index (χ1n) is 4.88. The molecule has 0 aliphatic rings. The van der Waals surface area contributed by atoms with Crippen molar-refractivity contribution in [2.24, 2.45) is 0 Å². The monoisotopic (exact) mass is 215 g/mol. The maximum absolute atomic E-state index is 5.25. The summed E-state index contributed by atoms with van der Waals surface area (Å²) in [4.78, 5) is 0. The van der Waals surface area contributed by atoms with E-state index in [1.807, 2.05) is 0 Å². The first-order chi connectivity index (χ1) is 6.72. The molecule has 1 aromatic heterocycles. The van der Waals surface area contributed by atoms with E-state index < -0.39 is 0 Å². The van der Waals surface area contributed by atoms with E-state index in [4.69, 9.17) is 4.42 Å². The molecule has 0 radical (unpaired) electrons. The largest absolute Gasteiger partial charge is 0.416 e. The molecule has 80 valence electrons. The van der Waals surface area contributed by atoms with Gasteiger partial charge in [-0.15, -0.1) is 10.2 Å². The quantitative estimate of drug-likeness (QED) is 0.734. The molecule has 14 heavy (non-hydrogen) atoms. The van der Waals surface area contributed by atoms with E-state index in [2.05, 4.69) is 29.4 Å². The van der Waals surface area contributed by atoms with E-state index in [9.17, 15) is 0 Å². The number of aryl methyl sites for hydroxylation is 1. The first kappa shape index (κ1) is 11.5. The Morgan fingerprint density at radius 2 is 2.29 bits per heavy atom. The highest BCUT2D eigenvalue weighted by Gasteiger charge is 2.06. The Hall–Kier alpha value is -0.550.